The molecule has 4 heterocycles. The van der Waals surface area contributed by atoms with E-state index in [1.54, 1.807) is 48.5 Å². The first-order valence-corrected chi connectivity index (χ1v) is 17.2. The Kier molecular flexibility index (Phi) is 8.54. The highest BCUT2D eigenvalue weighted by Gasteiger charge is 2.54. The molecule has 244 valence electrons. The predicted molar refractivity (Wildman–Crippen MR) is 185 cm³/mol. The fraction of sp³-hybridized carbons (Fsp3) is 0.273. The third kappa shape index (κ3) is 5.97. The zero-order valence-corrected chi connectivity index (χ0v) is 28.3. The smallest absolute Gasteiger partial charge is 0.254 e. The van der Waals surface area contributed by atoms with Crippen LogP contribution in [0.1, 0.15) is 54.7 Å². The Hall–Kier alpha value is -4.39. The fourth-order valence-corrected chi connectivity index (χ4v) is 8.28. The van der Waals surface area contributed by atoms with Crippen LogP contribution >= 0.6 is 23.2 Å². The Bertz CT molecular complexity index is 2120. The molecule has 2 aliphatic rings. The zero-order chi connectivity index (χ0) is 33.7. The lowest BCUT2D eigenvalue weighted by atomic mass is 10.0. The number of fused-ring (bicyclic) bond motifs is 1. The molecule has 0 unspecified atom stereocenters. The molecule has 0 radical (unpaired) electrons. The maximum Gasteiger partial charge on any atom is 0.254 e. The summed E-state index contributed by atoms with van der Waals surface area (Å²) in [5.41, 5.74) is 1.74. The number of aromatic amines is 1. The van der Waals surface area contributed by atoms with E-state index in [0.29, 0.717) is 41.7 Å². The lowest BCUT2D eigenvalue weighted by Crippen LogP contribution is -2.29. The summed E-state index contributed by atoms with van der Waals surface area (Å²) in [4.78, 5) is 41.9. The van der Waals surface area contributed by atoms with Crippen molar-refractivity contribution in [2.45, 2.75) is 57.4 Å². The predicted octanol–water partition coefficient (Wildman–Crippen LogP) is 6.09. The van der Waals surface area contributed by atoms with Crippen LogP contribution in [0.4, 0.5) is 5.95 Å². The highest BCUT2D eigenvalue weighted by molar-refractivity contribution is 7.91. The lowest BCUT2D eigenvalue weighted by molar-refractivity contribution is 0.0952. The van der Waals surface area contributed by atoms with Crippen molar-refractivity contribution in [1.29, 1.82) is 0 Å². The van der Waals surface area contributed by atoms with Crippen molar-refractivity contribution >= 4 is 56.0 Å². The maximum atomic E-state index is 14.0. The van der Waals surface area contributed by atoms with E-state index < -0.39 is 26.2 Å². The average Bonchev–Trinajstić information content (AvgIpc) is 3.76. The SMILES string of the molecule is C=CCC1(S(=O)(=O)n2cc(Cl)c3c(C(=O)NCc4c(Cl)cc(C)[nH]c4=O)cc(-c4cnc(N5C=CN(C(C)C)C=C5)nc4)cc32)CC1. The van der Waals surface area contributed by atoms with E-state index >= 15 is 0 Å². The molecular formula is C33H33Cl2N7O4S. The van der Waals surface area contributed by atoms with E-state index in [0.717, 1.165) is 0 Å². The molecule has 6 rings (SSSR count). The molecule has 4 aromatic rings. The van der Waals surface area contributed by atoms with Gasteiger partial charge in [0.15, 0.2) is 0 Å². The second-order valence-corrected chi connectivity index (χ2v) is 15.0. The number of allylic oxidation sites excluding steroid dienone is 1. The van der Waals surface area contributed by atoms with Crippen LogP contribution < -0.4 is 15.8 Å². The summed E-state index contributed by atoms with van der Waals surface area (Å²) in [5.74, 6) is -0.147. The van der Waals surface area contributed by atoms with Crippen LogP contribution in [0.25, 0.3) is 22.0 Å². The van der Waals surface area contributed by atoms with Gasteiger partial charge in [-0.2, -0.15) is 0 Å². The Balaban J connectivity index is 1.42. The molecule has 0 saturated heterocycles. The van der Waals surface area contributed by atoms with Gasteiger partial charge < -0.3 is 15.2 Å². The summed E-state index contributed by atoms with van der Waals surface area (Å²) >= 11 is 13.0. The largest absolute Gasteiger partial charge is 0.349 e. The summed E-state index contributed by atoms with van der Waals surface area (Å²) in [5, 5.41) is 3.32. The molecule has 47 heavy (non-hydrogen) atoms. The van der Waals surface area contributed by atoms with E-state index in [1.807, 2.05) is 29.7 Å². The number of amides is 1. The van der Waals surface area contributed by atoms with Gasteiger partial charge in [0, 0.05) is 66.1 Å². The summed E-state index contributed by atoms with van der Waals surface area (Å²) in [7, 11) is -3.93. The van der Waals surface area contributed by atoms with Crippen molar-refractivity contribution in [3.8, 4) is 11.1 Å². The van der Waals surface area contributed by atoms with Gasteiger partial charge >= 0.3 is 0 Å². The molecule has 1 fully saturated rings. The number of halogens is 2. The average molecular weight is 695 g/mol. The summed E-state index contributed by atoms with van der Waals surface area (Å²) in [6, 6.07) is 5.17. The van der Waals surface area contributed by atoms with Gasteiger partial charge in [0.25, 0.3) is 11.5 Å². The van der Waals surface area contributed by atoms with Crippen LogP contribution in [0.3, 0.4) is 0 Å². The normalized spacial score (nSPS) is 15.4. The molecule has 2 N–H and O–H groups in total. The van der Waals surface area contributed by atoms with E-state index in [-0.39, 0.29) is 45.0 Å². The molecule has 1 aliphatic carbocycles. The Labute approximate surface area is 282 Å². The van der Waals surface area contributed by atoms with Crippen molar-refractivity contribution in [1.82, 2.24) is 29.1 Å². The highest BCUT2D eigenvalue weighted by Crippen LogP contribution is 2.49. The minimum atomic E-state index is -3.93. The summed E-state index contributed by atoms with van der Waals surface area (Å²) in [6.07, 6.45) is 15.0. The van der Waals surface area contributed by atoms with E-state index in [9.17, 15) is 18.0 Å². The zero-order valence-electron chi connectivity index (χ0n) is 26.0. The van der Waals surface area contributed by atoms with Gasteiger partial charge in [-0.05, 0) is 63.8 Å². The van der Waals surface area contributed by atoms with Gasteiger partial charge in [0.05, 0.1) is 38.0 Å². The van der Waals surface area contributed by atoms with Gasteiger partial charge in [0.1, 0.15) is 0 Å². The number of anilines is 1. The minimum Gasteiger partial charge on any atom is -0.349 e. The minimum absolute atomic E-state index is 0.0894. The highest BCUT2D eigenvalue weighted by atomic mass is 35.5. The number of nitrogens with one attached hydrogen (secondary N) is 2. The van der Waals surface area contributed by atoms with Gasteiger partial charge in [-0.15, -0.1) is 6.58 Å². The van der Waals surface area contributed by atoms with Gasteiger partial charge in [0.2, 0.25) is 16.0 Å². The third-order valence-electron chi connectivity index (χ3n) is 8.44. The molecule has 1 aliphatic heterocycles. The molecule has 14 heteroatoms. The third-order valence-corrected chi connectivity index (χ3v) is 11.6. The van der Waals surface area contributed by atoms with Crippen molar-refractivity contribution in [2.24, 2.45) is 0 Å². The molecule has 1 amide bonds. The van der Waals surface area contributed by atoms with Crippen LogP contribution in [0.2, 0.25) is 10.0 Å². The fourth-order valence-electron chi connectivity index (χ4n) is 5.59. The molecule has 11 nitrogen and oxygen atoms in total. The number of aromatic nitrogens is 4. The number of rotatable bonds is 10. The molecule has 1 aromatic carbocycles. The number of pyridine rings is 1. The van der Waals surface area contributed by atoms with Crippen molar-refractivity contribution in [2.75, 3.05) is 4.90 Å². The molecule has 3 aromatic heterocycles. The number of H-pyrrole nitrogens is 1. The standard InChI is InChI=1S/C33H33Cl2N7O4S/c1-5-6-33(7-8-33)47(45,46)42-19-27(35)29-24(30(43)36-18-25-26(34)13-21(4)39-31(25)44)14-22(15-28(29)42)23-16-37-32(38-17-23)41-11-9-40(10-12-41)20(2)3/h5,9-17,19-20H,1,6-8,18H2,2-4H3,(H,36,43)(H,39,44). The van der Waals surface area contributed by atoms with E-state index in [2.05, 4.69) is 40.7 Å². The van der Waals surface area contributed by atoms with E-state index in [1.165, 1.54) is 10.2 Å². The number of hydrogen-bond acceptors (Lipinski definition) is 8. The number of aryl methyl sites for hydroxylation is 1. The topological polar surface area (TPSA) is 133 Å². The summed E-state index contributed by atoms with van der Waals surface area (Å²) in [6.45, 7) is 9.45. The van der Waals surface area contributed by atoms with Crippen molar-refractivity contribution in [3.63, 3.8) is 0 Å². The Morgan fingerprint density at radius 3 is 2.36 bits per heavy atom. The molecule has 1 saturated carbocycles. The van der Waals surface area contributed by atoms with Crippen molar-refractivity contribution in [3.05, 3.63) is 111 Å². The molecule has 0 bridgehead atoms. The Morgan fingerprint density at radius 2 is 1.77 bits per heavy atom. The van der Waals surface area contributed by atoms with Crippen LogP contribution in [0, 0.1) is 6.92 Å². The lowest BCUT2D eigenvalue weighted by Gasteiger charge is -2.26. The van der Waals surface area contributed by atoms with Crippen LogP contribution in [0.5, 0.6) is 0 Å². The maximum absolute atomic E-state index is 14.0. The number of carbonyl (C=O) groups is 1. The summed E-state index contributed by atoms with van der Waals surface area (Å²) < 4.78 is 28.2. The van der Waals surface area contributed by atoms with Crippen LogP contribution in [0.15, 0.2) is 79.0 Å². The van der Waals surface area contributed by atoms with Gasteiger partial charge in [-0.25, -0.2) is 22.4 Å². The quantitative estimate of drug-likeness (QED) is 0.191. The molecular weight excluding hydrogens is 661 g/mol. The number of benzene rings is 1. The van der Waals surface area contributed by atoms with Crippen LogP contribution in [-0.4, -0.2) is 48.9 Å². The number of nitrogens with zero attached hydrogens (tertiary/aromatic N) is 5. The monoisotopic (exact) mass is 693 g/mol. The first-order chi connectivity index (χ1) is 22.3. The second-order valence-electron chi connectivity index (χ2n) is 12.0. The first kappa shape index (κ1) is 32.5. The molecule has 0 atom stereocenters. The van der Waals surface area contributed by atoms with Crippen LogP contribution in [-0.2, 0) is 16.6 Å². The van der Waals surface area contributed by atoms with Gasteiger partial charge in [-0.1, -0.05) is 29.3 Å². The van der Waals surface area contributed by atoms with Gasteiger partial charge in [-0.3, -0.25) is 14.5 Å². The number of hydrogen-bond donors (Lipinski definition) is 2. The second kappa shape index (κ2) is 12.3. The van der Waals surface area contributed by atoms with Crippen molar-refractivity contribution < 1.29 is 13.2 Å². The van der Waals surface area contributed by atoms with E-state index in [4.69, 9.17) is 23.2 Å². The molecule has 0 spiro atoms. The number of carbonyl (C=O) groups excluding carboxylic acids is 1. The first-order valence-electron chi connectivity index (χ1n) is 15.0. The Morgan fingerprint density at radius 1 is 1.09 bits per heavy atom.